The van der Waals surface area contributed by atoms with E-state index in [1.807, 2.05) is 6.92 Å². The number of carboxylic acid groups (broad SMARTS) is 1. The van der Waals surface area contributed by atoms with E-state index in [-0.39, 0.29) is 29.9 Å². The number of carbonyl (C=O) groups excluding carboxylic acids is 1. The van der Waals surface area contributed by atoms with Crippen LogP contribution in [0.15, 0.2) is 0 Å². The van der Waals surface area contributed by atoms with Crippen LogP contribution in [0.5, 0.6) is 0 Å². The Kier molecular flexibility index (Phi) is 4.75. The lowest BCUT2D eigenvalue weighted by molar-refractivity contribution is -0.143. The van der Waals surface area contributed by atoms with Gasteiger partial charge in [0.1, 0.15) is 6.04 Å². The second-order valence-corrected chi connectivity index (χ2v) is 8.36. The van der Waals surface area contributed by atoms with Crippen LogP contribution in [0, 0.1) is 11.8 Å². The molecule has 120 valence electrons. The second-order valence-electron chi connectivity index (χ2n) is 6.13. The molecule has 2 amide bonds. The Bertz CT molecular complexity index is 519. The predicted octanol–water partition coefficient (Wildman–Crippen LogP) is 0.316. The number of hydrogen-bond acceptors (Lipinski definition) is 4. The highest BCUT2D eigenvalue weighted by Gasteiger charge is 2.35. The molecule has 0 bridgehead atoms. The average molecular weight is 318 g/mol. The third-order valence-corrected chi connectivity index (χ3v) is 6.12. The Morgan fingerprint density at radius 1 is 1.33 bits per heavy atom. The fourth-order valence-corrected chi connectivity index (χ4v) is 4.85. The van der Waals surface area contributed by atoms with Crippen molar-refractivity contribution >= 4 is 21.8 Å². The largest absolute Gasteiger partial charge is 0.480 e. The summed E-state index contributed by atoms with van der Waals surface area (Å²) < 4.78 is 22.7. The minimum Gasteiger partial charge on any atom is -0.480 e. The number of carboxylic acids is 1. The minimum absolute atomic E-state index is 0.0639. The Morgan fingerprint density at radius 3 is 2.62 bits per heavy atom. The molecule has 2 aliphatic heterocycles. The lowest BCUT2D eigenvalue weighted by Crippen LogP contribution is -2.53. The van der Waals surface area contributed by atoms with Gasteiger partial charge in [-0.25, -0.2) is 18.0 Å². The molecule has 2 aliphatic rings. The zero-order valence-corrected chi connectivity index (χ0v) is 12.9. The highest BCUT2D eigenvalue weighted by atomic mass is 32.2. The number of sulfone groups is 1. The number of piperidine rings is 1. The van der Waals surface area contributed by atoms with Gasteiger partial charge < -0.3 is 15.3 Å². The van der Waals surface area contributed by atoms with E-state index in [9.17, 15) is 23.1 Å². The molecule has 0 spiro atoms. The lowest BCUT2D eigenvalue weighted by atomic mass is 9.93. The normalized spacial score (nSPS) is 31.9. The number of nitrogens with one attached hydrogen (secondary N) is 1. The average Bonchev–Trinajstić information content (AvgIpc) is 2.75. The highest BCUT2D eigenvalue weighted by Crippen LogP contribution is 2.23. The zero-order chi connectivity index (χ0) is 15.6. The van der Waals surface area contributed by atoms with Crippen molar-refractivity contribution in [1.29, 1.82) is 0 Å². The predicted molar refractivity (Wildman–Crippen MR) is 76.7 cm³/mol. The topological polar surface area (TPSA) is 104 Å². The number of likely N-dealkylation sites (tertiary alicyclic amines) is 1. The van der Waals surface area contributed by atoms with Gasteiger partial charge in [0.2, 0.25) is 0 Å². The molecule has 0 saturated carbocycles. The van der Waals surface area contributed by atoms with E-state index in [0.29, 0.717) is 19.4 Å². The SMILES string of the molecule is CC1CCN(C(=O)NCC2CCS(=O)(=O)C2)C(C(=O)O)C1. The van der Waals surface area contributed by atoms with Gasteiger partial charge in [0.15, 0.2) is 9.84 Å². The van der Waals surface area contributed by atoms with Crippen LogP contribution in [0.25, 0.3) is 0 Å². The fraction of sp³-hybridized carbons (Fsp3) is 0.846. The zero-order valence-electron chi connectivity index (χ0n) is 12.1. The molecule has 2 rings (SSSR count). The van der Waals surface area contributed by atoms with Gasteiger partial charge in [-0.2, -0.15) is 0 Å². The standard InChI is InChI=1S/C13H22N2O5S/c1-9-2-4-15(11(6-9)12(16)17)13(18)14-7-10-3-5-21(19,20)8-10/h9-11H,2-8H2,1H3,(H,14,18)(H,16,17). The molecule has 21 heavy (non-hydrogen) atoms. The Balaban J connectivity index is 1.88. The monoisotopic (exact) mass is 318 g/mol. The molecule has 0 aromatic rings. The van der Waals surface area contributed by atoms with E-state index >= 15 is 0 Å². The van der Waals surface area contributed by atoms with E-state index in [1.165, 1.54) is 4.90 Å². The third-order valence-electron chi connectivity index (χ3n) is 4.28. The van der Waals surface area contributed by atoms with Crippen molar-refractivity contribution in [2.75, 3.05) is 24.6 Å². The molecule has 0 radical (unpaired) electrons. The van der Waals surface area contributed by atoms with Crippen molar-refractivity contribution < 1.29 is 23.1 Å². The number of hydrogen-bond donors (Lipinski definition) is 2. The maximum atomic E-state index is 12.1. The molecule has 8 heteroatoms. The van der Waals surface area contributed by atoms with Crippen LogP contribution in [0.3, 0.4) is 0 Å². The van der Waals surface area contributed by atoms with Crippen molar-refractivity contribution in [3.05, 3.63) is 0 Å². The smallest absolute Gasteiger partial charge is 0.326 e. The molecule has 0 aliphatic carbocycles. The van der Waals surface area contributed by atoms with Gasteiger partial charge in [0.05, 0.1) is 11.5 Å². The fourth-order valence-electron chi connectivity index (χ4n) is 2.98. The van der Waals surface area contributed by atoms with E-state index in [1.54, 1.807) is 0 Å². The summed E-state index contributed by atoms with van der Waals surface area (Å²) >= 11 is 0. The Hall–Kier alpha value is -1.31. The van der Waals surface area contributed by atoms with E-state index < -0.39 is 27.9 Å². The summed E-state index contributed by atoms with van der Waals surface area (Å²) in [7, 11) is -2.96. The van der Waals surface area contributed by atoms with Gasteiger partial charge in [0, 0.05) is 13.1 Å². The number of urea groups is 1. The molecule has 7 nitrogen and oxygen atoms in total. The summed E-state index contributed by atoms with van der Waals surface area (Å²) in [6.07, 6.45) is 1.80. The first-order valence-electron chi connectivity index (χ1n) is 7.26. The first-order valence-corrected chi connectivity index (χ1v) is 9.08. The molecule has 3 unspecified atom stereocenters. The maximum Gasteiger partial charge on any atom is 0.326 e. The van der Waals surface area contributed by atoms with Crippen molar-refractivity contribution in [2.24, 2.45) is 11.8 Å². The van der Waals surface area contributed by atoms with E-state index in [4.69, 9.17) is 0 Å². The van der Waals surface area contributed by atoms with E-state index in [2.05, 4.69) is 5.32 Å². The number of nitrogens with zero attached hydrogens (tertiary/aromatic N) is 1. The van der Waals surface area contributed by atoms with Gasteiger partial charge in [-0.15, -0.1) is 0 Å². The van der Waals surface area contributed by atoms with Crippen LogP contribution in [0.4, 0.5) is 4.79 Å². The van der Waals surface area contributed by atoms with Crippen LogP contribution in [-0.4, -0.2) is 61.1 Å². The van der Waals surface area contributed by atoms with Crippen molar-refractivity contribution in [3.63, 3.8) is 0 Å². The minimum atomic E-state index is -2.96. The van der Waals surface area contributed by atoms with Crippen LogP contribution in [0.1, 0.15) is 26.2 Å². The molecular weight excluding hydrogens is 296 g/mol. The third kappa shape index (κ3) is 4.09. The lowest BCUT2D eigenvalue weighted by Gasteiger charge is -2.36. The number of amides is 2. The van der Waals surface area contributed by atoms with Crippen molar-refractivity contribution in [2.45, 2.75) is 32.2 Å². The molecule has 2 N–H and O–H groups in total. The number of carbonyl (C=O) groups is 2. The van der Waals surface area contributed by atoms with Gasteiger partial charge in [-0.3, -0.25) is 0 Å². The molecular formula is C13H22N2O5S. The van der Waals surface area contributed by atoms with Gasteiger partial charge in [-0.05, 0) is 31.1 Å². The Labute approximate surface area is 124 Å². The summed E-state index contributed by atoms with van der Waals surface area (Å²) in [5.41, 5.74) is 0. The van der Waals surface area contributed by atoms with Gasteiger partial charge >= 0.3 is 12.0 Å². The first-order chi connectivity index (χ1) is 9.78. The summed E-state index contributed by atoms with van der Waals surface area (Å²) in [4.78, 5) is 24.8. The molecule has 0 aromatic heterocycles. The highest BCUT2D eigenvalue weighted by molar-refractivity contribution is 7.91. The quantitative estimate of drug-likeness (QED) is 0.780. The maximum absolute atomic E-state index is 12.1. The van der Waals surface area contributed by atoms with Crippen LogP contribution < -0.4 is 5.32 Å². The van der Waals surface area contributed by atoms with Crippen molar-refractivity contribution in [3.8, 4) is 0 Å². The van der Waals surface area contributed by atoms with Crippen molar-refractivity contribution in [1.82, 2.24) is 10.2 Å². The van der Waals surface area contributed by atoms with Crippen LogP contribution in [0.2, 0.25) is 0 Å². The van der Waals surface area contributed by atoms with Crippen LogP contribution in [-0.2, 0) is 14.6 Å². The van der Waals surface area contributed by atoms with Gasteiger partial charge in [0.25, 0.3) is 0 Å². The molecule has 2 saturated heterocycles. The van der Waals surface area contributed by atoms with Gasteiger partial charge in [-0.1, -0.05) is 6.92 Å². The summed E-state index contributed by atoms with van der Waals surface area (Å²) in [6.45, 7) is 2.69. The molecule has 3 atom stereocenters. The van der Waals surface area contributed by atoms with Crippen LogP contribution >= 0.6 is 0 Å². The molecule has 2 heterocycles. The Morgan fingerprint density at radius 2 is 2.05 bits per heavy atom. The number of rotatable bonds is 3. The van der Waals surface area contributed by atoms with E-state index in [0.717, 1.165) is 6.42 Å². The summed E-state index contributed by atoms with van der Waals surface area (Å²) in [5.74, 6) is -0.486. The first kappa shape index (κ1) is 16.1. The summed E-state index contributed by atoms with van der Waals surface area (Å²) in [6, 6.07) is -1.19. The number of aliphatic carboxylic acids is 1. The second kappa shape index (κ2) is 6.21. The molecule has 2 fully saturated rings. The summed E-state index contributed by atoms with van der Waals surface area (Å²) in [5, 5.41) is 11.9. The molecule has 0 aromatic carbocycles.